The summed E-state index contributed by atoms with van der Waals surface area (Å²) in [5, 5.41) is 11.0. The average Bonchev–Trinajstić information content (AvgIpc) is 2.58. The zero-order chi connectivity index (χ0) is 18.9. The Bertz CT molecular complexity index is 891. The molecule has 134 valence electrons. The van der Waals surface area contributed by atoms with E-state index in [1.807, 2.05) is 0 Å². The van der Waals surface area contributed by atoms with Crippen LogP contribution in [0.2, 0.25) is 0 Å². The summed E-state index contributed by atoms with van der Waals surface area (Å²) in [4.78, 5) is 25.6. The number of benzene rings is 2. The van der Waals surface area contributed by atoms with Gasteiger partial charge in [-0.05, 0) is 35.9 Å². The van der Waals surface area contributed by atoms with Crippen molar-refractivity contribution in [1.82, 2.24) is 0 Å². The summed E-state index contributed by atoms with van der Waals surface area (Å²) in [6, 6.07) is 11.1. The number of alkyl halides is 3. The first-order valence-corrected chi connectivity index (χ1v) is 8.25. The maximum Gasteiger partial charge on any atom is 0.416 e. The van der Waals surface area contributed by atoms with Crippen molar-refractivity contribution in [2.75, 3.05) is 11.4 Å². The molecule has 0 fully saturated rings. The highest BCUT2D eigenvalue weighted by atomic mass is 32.2. The highest BCUT2D eigenvalue weighted by Crippen LogP contribution is 2.42. The summed E-state index contributed by atoms with van der Waals surface area (Å²) >= 11 is 1.13. The lowest BCUT2D eigenvalue weighted by atomic mass is 10.1. The van der Waals surface area contributed by atoms with Crippen LogP contribution >= 0.6 is 11.8 Å². The van der Waals surface area contributed by atoms with Gasteiger partial charge in [0.15, 0.2) is 0 Å². The number of carboxylic acids is 1. The number of fused-ring (bicyclic) bond motifs is 1. The molecule has 3 rings (SSSR count). The van der Waals surface area contributed by atoms with Crippen LogP contribution in [0.4, 0.5) is 18.9 Å². The molecule has 0 aliphatic carbocycles. The van der Waals surface area contributed by atoms with E-state index in [4.69, 9.17) is 0 Å². The Morgan fingerprint density at radius 2 is 1.77 bits per heavy atom. The summed E-state index contributed by atoms with van der Waals surface area (Å²) in [5.74, 6) is -1.95. The fourth-order valence-electron chi connectivity index (χ4n) is 2.47. The molecule has 4 nitrogen and oxygen atoms in total. The molecule has 0 unspecified atom stereocenters. The van der Waals surface area contributed by atoms with Gasteiger partial charge < -0.3 is 14.8 Å². The molecule has 0 N–H and O–H groups in total. The molecular weight excluding hydrogens is 367 g/mol. The van der Waals surface area contributed by atoms with Crippen LogP contribution in [0, 0.1) is 0 Å². The second-order valence-corrected chi connectivity index (χ2v) is 6.55. The number of amides is 1. The molecule has 1 amide bonds. The van der Waals surface area contributed by atoms with Gasteiger partial charge in [0, 0.05) is 4.90 Å². The van der Waals surface area contributed by atoms with Gasteiger partial charge in [-0.2, -0.15) is 13.2 Å². The second-order valence-electron chi connectivity index (χ2n) is 5.46. The highest BCUT2D eigenvalue weighted by molar-refractivity contribution is 8.04. The smallest absolute Gasteiger partial charge is 0.416 e. The molecule has 1 aliphatic rings. The zero-order valence-corrected chi connectivity index (χ0v) is 13.9. The fraction of sp³-hybridized carbons (Fsp3) is 0.111. The Morgan fingerprint density at radius 3 is 2.38 bits per heavy atom. The molecule has 2 aromatic rings. The van der Waals surface area contributed by atoms with E-state index in [-0.39, 0.29) is 4.91 Å². The number of carbonyl (C=O) groups excluding carboxylic acids is 2. The summed E-state index contributed by atoms with van der Waals surface area (Å²) in [5.41, 5.74) is 0.0732. The van der Waals surface area contributed by atoms with Crippen molar-refractivity contribution in [3.05, 3.63) is 64.6 Å². The van der Waals surface area contributed by atoms with Crippen molar-refractivity contribution in [2.45, 2.75) is 11.1 Å². The Labute approximate surface area is 150 Å². The van der Waals surface area contributed by atoms with Crippen molar-refractivity contribution in [3.63, 3.8) is 0 Å². The molecule has 0 aromatic heterocycles. The van der Waals surface area contributed by atoms with Crippen molar-refractivity contribution in [3.8, 4) is 0 Å². The van der Waals surface area contributed by atoms with Crippen LogP contribution in [-0.2, 0) is 15.8 Å². The first-order chi connectivity index (χ1) is 12.3. The molecule has 26 heavy (non-hydrogen) atoms. The van der Waals surface area contributed by atoms with E-state index in [1.54, 1.807) is 24.3 Å². The molecule has 0 saturated heterocycles. The van der Waals surface area contributed by atoms with Gasteiger partial charge in [-0.1, -0.05) is 36.0 Å². The van der Waals surface area contributed by atoms with Crippen molar-refractivity contribution >= 4 is 35.4 Å². The number of hydrogen-bond donors (Lipinski definition) is 0. The molecule has 0 bridgehead atoms. The van der Waals surface area contributed by atoms with E-state index >= 15 is 0 Å². The lowest BCUT2D eigenvalue weighted by Gasteiger charge is -2.30. The molecule has 1 heterocycles. The highest BCUT2D eigenvalue weighted by Gasteiger charge is 2.31. The van der Waals surface area contributed by atoms with Gasteiger partial charge in [-0.3, -0.25) is 4.79 Å². The van der Waals surface area contributed by atoms with E-state index in [1.165, 1.54) is 18.2 Å². The van der Waals surface area contributed by atoms with E-state index in [0.717, 1.165) is 28.8 Å². The lowest BCUT2D eigenvalue weighted by molar-refractivity contribution is -0.303. The summed E-state index contributed by atoms with van der Waals surface area (Å²) < 4.78 is 37.9. The number of anilines is 1. The molecule has 1 aliphatic heterocycles. The van der Waals surface area contributed by atoms with Crippen LogP contribution < -0.4 is 10.0 Å². The molecule has 0 spiro atoms. The summed E-state index contributed by atoms with van der Waals surface area (Å²) in [6.07, 6.45) is -3.00. The van der Waals surface area contributed by atoms with E-state index in [2.05, 4.69) is 0 Å². The van der Waals surface area contributed by atoms with Gasteiger partial charge in [-0.25, -0.2) is 0 Å². The van der Waals surface area contributed by atoms with Crippen LogP contribution in [0.25, 0.3) is 6.08 Å². The number of carboxylic acid groups (broad SMARTS) is 1. The fourth-order valence-corrected chi connectivity index (χ4v) is 3.53. The number of hydrogen-bond acceptors (Lipinski definition) is 4. The van der Waals surface area contributed by atoms with Crippen molar-refractivity contribution < 1.29 is 27.9 Å². The van der Waals surface area contributed by atoms with Crippen LogP contribution in [0.3, 0.4) is 0 Å². The number of rotatable bonds is 3. The Hall–Kier alpha value is -2.74. The largest absolute Gasteiger partial charge is 0.548 e. The number of aliphatic carboxylic acids is 1. The number of thioether (sulfide) groups is 1. The van der Waals surface area contributed by atoms with Gasteiger partial charge >= 0.3 is 6.18 Å². The predicted octanol–water partition coefficient (Wildman–Crippen LogP) is 2.94. The first kappa shape index (κ1) is 18.1. The average molecular weight is 378 g/mol. The Morgan fingerprint density at radius 1 is 1.12 bits per heavy atom. The quantitative estimate of drug-likeness (QED) is 0.771. The zero-order valence-electron chi connectivity index (χ0n) is 13.1. The minimum atomic E-state index is -4.44. The third-order valence-corrected chi connectivity index (χ3v) is 4.73. The molecule has 8 heteroatoms. The topological polar surface area (TPSA) is 60.4 Å². The standard InChI is InChI=1S/C18H12F3NO3S/c19-18(20,21)12-7-5-11(6-8-12)9-15-17(25)22(10-16(23)24)13-3-1-2-4-14(13)26-15/h1-9H,10H2,(H,23,24)/p-1. The van der Waals surface area contributed by atoms with Gasteiger partial charge in [0.2, 0.25) is 0 Å². The number of carbonyl (C=O) groups is 2. The third-order valence-electron chi connectivity index (χ3n) is 3.65. The van der Waals surface area contributed by atoms with Gasteiger partial charge in [0.25, 0.3) is 5.91 Å². The van der Waals surface area contributed by atoms with E-state index < -0.39 is 30.2 Å². The normalized spacial score (nSPS) is 15.9. The van der Waals surface area contributed by atoms with Crippen LogP contribution in [0.1, 0.15) is 11.1 Å². The van der Waals surface area contributed by atoms with Crippen LogP contribution in [0.5, 0.6) is 0 Å². The molecule has 0 radical (unpaired) electrons. The number of nitrogens with zero attached hydrogens (tertiary/aromatic N) is 1. The van der Waals surface area contributed by atoms with Gasteiger partial charge in [-0.15, -0.1) is 0 Å². The van der Waals surface area contributed by atoms with Crippen molar-refractivity contribution in [1.29, 1.82) is 0 Å². The number of halogens is 3. The maximum absolute atomic E-state index is 12.6. The Kier molecular flexibility index (Phi) is 4.78. The number of para-hydroxylation sites is 1. The van der Waals surface area contributed by atoms with Gasteiger partial charge in [0.1, 0.15) is 0 Å². The second kappa shape index (κ2) is 6.87. The van der Waals surface area contributed by atoms with Gasteiger partial charge in [0.05, 0.1) is 28.7 Å². The first-order valence-electron chi connectivity index (χ1n) is 7.43. The third kappa shape index (κ3) is 3.75. The van der Waals surface area contributed by atoms with Crippen molar-refractivity contribution in [2.24, 2.45) is 0 Å². The van der Waals surface area contributed by atoms with Crippen LogP contribution in [0.15, 0.2) is 58.3 Å². The SMILES string of the molecule is O=C([O-])CN1C(=O)C(=Cc2ccc(C(F)(F)F)cc2)Sc2ccccc21. The molecular formula is C18H11F3NO3S-. The maximum atomic E-state index is 12.6. The summed E-state index contributed by atoms with van der Waals surface area (Å²) in [6.45, 7) is -0.610. The predicted molar refractivity (Wildman–Crippen MR) is 89.1 cm³/mol. The minimum Gasteiger partial charge on any atom is -0.548 e. The summed E-state index contributed by atoms with van der Waals surface area (Å²) in [7, 11) is 0. The lowest BCUT2D eigenvalue weighted by Crippen LogP contribution is -2.43. The van der Waals surface area contributed by atoms with E-state index in [9.17, 15) is 27.9 Å². The van der Waals surface area contributed by atoms with Crippen LogP contribution in [-0.4, -0.2) is 18.4 Å². The monoisotopic (exact) mass is 378 g/mol. The molecule has 0 atom stereocenters. The Balaban J connectivity index is 1.96. The molecule has 0 saturated carbocycles. The minimum absolute atomic E-state index is 0.213. The van der Waals surface area contributed by atoms with E-state index in [0.29, 0.717) is 16.1 Å². The molecule has 2 aromatic carbocycles.